The normalized spacial score (nSPS) is 14.9. The Morgan fingerprint density at radius 2 is 1.80 bits per heavy atom. The van der Waals surface area contributed by atoms with Crippen molar-refractivity contribution in [3.05, 3.63) is 71.6 Å². The number of unbranched alkanes of at least 4 members (excludes halogenated alkanes) is 2. The van der Waals surface area contributed by atoms with Gasteiger partial charge in [0.2, 0.25) is 0 Å². The molecule has 190 valence electrons. The SMILES string of the molecule is C=C(O)c1ccc(CN(C(=O)c2ccc(CCCCC)cn2)C2CCN(CCC(C)C)CC2)cc1. The summed E-state index contributed by atoms with van der Waals surface area (Å²) >= 11 is 0. The van der Waals surface area contributed by atoms with Crippen LogP contribution in [-0.4, -0.2) is 51.5 Å². The van der Waals surface area contributed by atoms with Crippen LogP contribution < -0.4 is 0 Å². The Hall–Kier alpha value is -2.66. The number of piperidine rings is 1. The summed E-state index contributed by atoms with van der Waals surface area (Å²) in [6, 6.07) is 11.8. The number of hydrogen-bond donors (Lipinski definition) is 1. The van der Waals surface area contributed by atoms with E-state index in [2.05, 4.69) is 43.3 Å². The van der Waals surface area contributed by atoms with Gasteiger partial charge in [0.15, 0.2) is 0 Å². The highest BCUT2D eigenvalue weighted by molar-refractivity contribution is 5.92. The predicted molar refractivity (Wildman–Crippen MR) is 144 cm³/mol. The van der Waals surface area contributed by atoms with Gasteiger partial charge in [-0.1, -0.05) is 70.5 Å². The molecule has 0 saturated carbocycles. The van der Waals surface area contributed by atoms with Gasteiger partial charge in [-0.25, -0.2) is 0 Å². The van der Waals surface area contributed by atoms with Crippen LogP contribution in [-0.2, 0) is 13.0 Å². The van der Waals surface area contributed by atoms with E-state index in [9.17, 15) is 9.90 Å². The van der Waals surface area contributed by atoms with Crippen LogP contribution in [0, 0.1) is 5.92 Å². The lowest BCUT2D eigenvalue weighted by Crippen LogP contribution is -2.47. The zero-order valence-corrected chi connectivity index (χ0v) is 21.9. The molecule has 2 aromatic rings. The summed E-state index contributed by atoms with van der Waals surface area (Å²) in [6.45, 7) is 14.1. The molecule has 3 rings (SSSR count). The maximum Gasteiger partial charge on any atom is 0.272 e. The maximum absolute atomic E-state index is 13.7. The van der Waals surface area contributed by atoms with Crippen molar-refractivity contribution >= 4 is 11.7 Å². The minimum atomic E-state index is 0.00128. The number of pyridine rings is 1. The fourth-order valence-electron chi connectivity index (χ4n) is 4.69. The summed E-state index contributed by atoms with van der Waals surface area (Å²) in [6.07, 6.45) is 9.62. The van der Waals surface area contributed by atoms with E-state index in [0.29, 0.717) is 23.7 Å². The van der Waals surface area contributed by atoms with Crippen molar-refractivity contribution in [1.29, 1.82) is 0 Å². The second-order valence-electron chi connectivity index (χ2n) is 10.3. The van der Waals surface area contributed by atoms with Gasteiger partial charge < -0.3 is 14.9 Å². The molecule has 1 aliphatic rings. The Morgan fingerprint density at radius 3 is 2.37 bits per heavy atom. The summed E-state index contributed by atoms with van der Waals surface area (Å²) in [5.74, 6) is 0.766. The maximum atomic E-state index is 13.7. The van der Waals surface area contributed by atoms with Gasteiger partial charge in [0, 0.05) is 37.4 Å². The van der Waals surface area contributed by atoms with Crippen molar-refractivity contribution in [2.45, 2.75) is 78.3 Å². The van der Waals surface area contributed by atoms with E-state index in [1.807, 2.05) is 41.4 Å². The first-order valence-electron chi connectivity index (χ1n) is 13.3. The molecule has 1 aromatic heterocycles. The molecule has 0 bridgehead atoms. The molecule has 0 aliphatic carbocycles. The number of hydrogen-bond acceptors (Lipinski definition) is 4. The molecule has 2 heterocycles. The van der Waals surface area contributed by atoms with E-state index < -0.39 is 0 Å². The van der Waals surface area contributed by atoms with Crippen molar-refractivity contribution in [3.63, 3.8) is 0 Å². The Balaban J connectivity index is 1.73. The second-order valence-corrected chi connectivity index (χ2v) is 10.3. The van der Waals surface area contributed by atoms with Gasteiger partial charge in [-0.2, -0.15) is 0 Å². The van der Waals surface area contributed by atoms with Crippen LogP contribution in [0.15, 0.2) is 49.2 Å². The fraction of sp³-hybridized carbons (Fsp3) is 0.533. The number of amides is 1. The van der Waals surface area contributed by atoms with Gasteiger partial charge in [0.25, 0.3) is 5.91 Å². The van der Waals surface area contributed by atoms with Gasteiger partial charge in [-0.05, 0) is 61.8 Å². The third kappa shape index (κ3) is 8.21. The molecular formula is C30H43N3O2. The first-order valence-corrected chi connectivity index (χ1v) is 13.3. The van der Waals surface area contributed by atoms with Crippen LogP contribution in [0.25, 0.3) is 5.76 Å². The monoisotopic (exact) mass is 477 g/mol. The van der Waals surface area contributed by atoms with Crippen molar-refractivity contribution < 1.29 is 9.90 Å². The van der Waals surface area contributed by atoms with E-state index in [1.54, 1.807) is 0 Å². The molecule has 0 spiro atoms. The molecule has 5 nitrogen and oxygen atoms in total. The Kier molecular flexibility index (Phi) is 10.3. The fourth-order valence-corrected chi connectivity index (χ4v) is 4.69. The molecule has 0 atom stereocenters. The third-order valence-electron chi connectivity index (χ3n) is 7.03. The number of aliphatic hydroxyl groups excluding tert-OH is 1. The molecule has 35 heavy (non-hydrogen) atoms. The Labute approximate surface area is 211 Å². The lowest BCUT2D eigenvalue weighted by molar-refractivity contribution is 0.0540. The van der Waals surface area contributed by atoms with Crippen molar-refractivity contribution in [1.82, 2.24) is 14.8 Å². The number of carbonyl (C=O) groups excluding carboxylic acids is 1. The molecule has 1 amide bonds. The Bertz CT molecular complexity index is 929. The first kappa shape index (κ1) is 26.9. The summed E-state index contributed by atoms with van der Waals surface area (Å²) in [5.41, 5.74) is 3.46. The van der Waals surface area contributed by atoms with Gasteiger partial charge in [0.1, 0.15) is 11.5 Å². The molecule has 1 aliphatic heterocycles. The number of aliphatic hydroxyl groups is 1. The van der Waals surface area contributed by atoms with Crippen LogP contribution in [0.2, 0.25) is 0 Å². The van der Waals surface area contributed by atoms with E-state index >= 15 is 0 Å². The summed E-state index contributed by atoms with van der Waals surface area (Å²) in [4.78, 5) is 22.8. The number of aromatic nitrogens is 1. The van der Waals surface area contributed by atoms with Crippen molar-refractivity contribution in [2.75, 3.05) is 19.6 Å². The smallest absolute Gasteiger partial charge is 0.272 e. The van der Waals surface area contributed by atoms with Crippen LogP contribution in [0.4, 0.5) is 0 Å². The quantitative estimate of drug-likeness (QED) is 0.280. The number of rotatable bonds is 12. The average molecular weight is 478 g/mol. The molecule has 0 radical (unpaired) electrons. The molecule has 1 saturated heterocycles. The lowest BCUT2D eigenvalue weighted by atomic mass is 10.00. The standard InChI is InChI=1S/C30H43N3O2/c1-5-6-7-8-25-11-14-29(31-21-25)30(35)33(22-26-9-12-27(13-10-26)24(4)34)28-16-19-32(20-17-28)18-15-23(2)3/h9-14,21,23,28,34H,4-8,15-20,22H2,1-3H3. The molecule has 1 fully saturated rings. The minimum absolute atomic E-state index is 0.00128. The van der Waals surface area contributed by atoms with E-state index in [4.69, 9.17) is 0 Å². The predicted octanol–water partition coefficient (Wildman–Crippen LogP) is 6.50. The third-order valence-corrected chi connectivity index (χ3v) is 7.03. The minimum Gasteiger partial charge on any atom is -0.508 e. The van der Waals surface area contributed by atoms with Gasteiger partial charge >= 0.3 is 0 Å². The molecule has 1 N–H and O–H groups in total. The van der Waals surface area contributed by atoms with Gasteiger partial charge in [-0.3, -0.25) is 9.78 Å². The Morgan fingerprint density at radius 1 is 1.11 bits per heavy atom. The van der Waals surface area contributed by atoms with E-state index in [1.165, 1.54) is 24.8 Å². The average Bonchev–Trinajstić information content (AvgIpc) is 2.87. The topological polar surface area (TPSA) is 56.7 Å². The number of carbonyl (C=O) groups is 1. The van der Waals surface area contributed by atoms with E-state index in [0.717, 1.165) is 50.9 Å². The molecule has 0 unspecified atom stereocenters. The first-order chi connectivity index (χ1) is 16.9. The summed E-state index contributed by atoms with van der Waals surface area (Å²) < 4.78 is 0. The largest absolute Gasteiger partial charge is 0.508 e. The highest BCUT2D eigenvalue weighted by Crippen LogP contribution is 2.23. The highest BCUT2D eigenvalue weighted by atomic mass is 16.3. The van der Waals surface area contributed by atoms with Crippen molar-refractivity contribution in [2.24, 2.45) is 5.92 Å². The molecular weight excluding hydrogens is 434 g/mol. The van der Waals surface area contributed by atoms with Crippen LogP contribution in [0.5, 0.6) is 0 Å². The zero-order valence-electron chi connectivity index (χ0n) is 21.9. The zero-order chi connectivity index (χ0) is 25.2. The van der Waals surface area contributed by atoms with E-state index in [-0.39, 0.29) is 17.7 Å². The molecule has 5 heteroatoms. The van der Waals surface area contributed by atoms with Crippen LogP contribution >= 0.6 is 0 Å². The number of likely N-dealkylation sites (tertiary alicyclic amines) is 1. The number of benzene rings is 1. The highest BCUT2D eigenvalue weighted by Gasteiger charge is 2.29. The van der Waals surface area contributed by atoms with Gasteiger partial charge in [0.05, 0.1) is 0 Å². The van der Waals surface area contributed by atoms with Crippen LogP contribution in [0.1, 0.15) is 86.5 Å². The second kappa shape index (κ2) is 13.4. The van der Waals surface area contributed by atoms with Gasteiger partial charge in [-0.15, -0.1) is 0 Å². The molecule has 1 aromatic carbocycles. The van der Waals surface area contributed by atoms with Crippen molar-refractivity contribution in [3.8, 4) is 0 Å². The lowest BCUT2D eigenvalue weighted by Gasteiger charge is -2.38. The van der Waals surface area contributed by atoms with Crippen LogP contribution in [0.3, 0.4) is 0 Å². The summed E-state index contributed by atoms with van der Waals surface area (Å²) in [7, 11) is 0. The number of nitrogens with zero attached hydrogens (tertiary/aromatic N) is 3. The number of aryl methyl sites for hydroxylation is 1. The summed E-state index contributed by atoms with van der Waals surface area (Å²) in [5, 5.41) is 9.66.